The highest BCUT2D eigenvalue weighted by Gasteiger charge is 2.29. The van der Waals surface area contributed by atoms with E-state index in [-0.39, 0.29) is 35.6 Å². The van der Waals surface area contributed by atoms with Gasteiger partial charge in [0.15, 0.2) is 11.6 Å². The van der Waals surface area contributed by atoms with Gasteiger partial charge in [-0.05, 0) is 48.1 Å². The maximum atomic E-state index is 14.1. The number of alkyl halides is 1. The van der Waals surface area contributed by atoms with Crippen molar-refractivity contribution in [3.05, 3.63) is 114 Å². The molecule has 2 aliphatic rings. The van der Waals surface area contributed by atoms with Crippen LogP contribution in [0.3, 0.4) is 0 Å². The second-order valence-electron chi connectivity index (χ2n) is 9.17. The van der Waals surface area contributed by atoms with Crippen LogP contribution in [-0.4, -0.2) is 31.4 Å². The van der Waals surface area contributed by atoms with E-state index in [4.69, 9.17) is 0 Å². The molecule has 1 unspecified atom stereocenters. The van der Waals surface area contributed by atoms with Crippen LogP contribution < -0.4 is 5.01 Å². The Hall–Kier alpha value is -4.87. The predicted octanol–water partition coefficient (Wildman–Crippen LogP) is 6.64. The summed E-state index contributed by atoms with van der Waals surface area (Å²) in [6.45, 7) is 3.66. The Morgan fingerprint density at radius 1 is 0.850 bits per heavy atom. The number of hydrogen-bond acceptors (Lipinski definition) is 4. The minimum absolute atomic E-state index is 0.0439. The number of benzene rings is 2. The Bertz CT molecular complexity index is 1720. The number of anilines is 1. The normalized spacial score (nSPS) is 16.8. The van der Waals surface area contributed by atoms with E-state index in [0.717, 1.165) is 42.5 Å². The van der Waals surface area contributed by atoms with Gasteiger partial charge in [0.1, 0.15) is 41.9 Å². The Balaban J connectivity index is 1.50. The van der Waals surface area contributed by atoms with Crippen LogP contribution in [0.25, 0.3) is 22.6 Å². The van der Waals surface area contributed by atoms with Gasteiger partial charge >= 0.3 is 0 Å². The van der Waals surface area contributed by atoms with Gasteiger partial charge < -0.3 is 0 Å². The lowest BCUT2D eigenvalue weighted by molar-refractivity contribution is 0.396. The number of fused-ring (bicyclic) bond motifs is 3. The van der Waals surface area contributed by atoms with E-state index < -0.39 is 35.3 Å². The molecular weight excluding hydrogens is 534 g/mol. The lowest BCUT2D eigenvalue weighted by Crippen LogP contribution is -2.31. The molecular formula is C28H18F6N6. The summed E-state index contributed by atoms with van der Waals surface area (Å²) in [5.41, 5.74) is 1.18. The first-order chi connectivity index (χ1) is 19.2. The van der Waals surface area contributed by atoms with E-state index in [2.05, 4.69) is 21.9 Å². The van der Waals surface area contributed by atoms with Crippen LogP contribution in [-0.2, 0) is 6.67 Å². The van der Waals surface area contributed by atoms with Gasteiger partial charge in [0, 0.05) is 41.8 Å². The van der Waals surface area contributed by atoms with Gasteiger partial charge in [-0.25, -0.2) is 36.0 Å². The summed E-state index contributed by atoms with van der Waals surface area (Å²) in [6.07, 6.45) is 1.77. The van der Waals surface area contributed by atoms with E-state index in [1.165, 1.54) is 32.6 Å². The van der Waals surface area contributed by atoms with Crippen LogP contribution in [0.2, 0.25) is 0 Å². The smallest absolute Gasteiger partial charge is 0.157 e. The topological polar surface area (TPSA) is 51.2 Å². The molecule has 12 heteroatoms. The van der Waals surface area contributed by atoms with Gasteiger partial charge in [-0.15, -0.1) is 0 Å². The van der Waals surface area contributed by atoms with Crippen LogP contribution in [0.1, 0.15) is 17.7 Å². The third-order valence-electron chi connectivity index (χ3n) is 6.33. The zero-order chi connectivity index (χ0) is 28.1. The van der Waals surface area contributed by atoms with Crippen molar-refractivity contribution in [2.75, 3.05) is 5.01 Å². The van der Waals surface area contributed by atoms with Crippen molar-refractivity contribution in [1.82, 2.24) is 19.6 Å². The number of hydrogen-bond donors (Lipinski definition) is 0. The predicted molar refractivity (Wildman–Crippen MR) is 137 cm³/mol. The molecule has 202 valence electrons. The van der Waals surface area contributed by atoms with Crippen molar-refractivity contribution in [3.63, 3.8) is 0 Å². The molecule has 2 aromatic heterocycles. The fourth-order valence-electron chi connectivity index (χ4n) is 4.63. The Morgan fingerprint density at radius 3 is 2.15 bits per heavy atom. The quantitative estimate of drug-likeness (QED) is 0.206. The second-order valence-corrected chi connectivity index (χ2v) is 9.17. The summed E-state index contributed by atoms with van der Waals surface area (Å²) >= 11 is 0. The first-order valence-corrected chi connectivity index (χ1v) is 12.0. The number of hydrazone groups is 1. The maximum Gasteiger partial charge on any atom is 0.157 e. The standard InChI is InChI=1S/C28H18F6N6/c1-2-24(15-3-18(29)9-19(30)4-15)35-38-14-39-27(12-25(36-39)16-5-20(31)10-21(32)6-16)40-28(38)13-26(37-40)17-7-22(33)11-23(34)8-17/h2-5,7-13,21H,1,6,14H2/b35-24+. The van der Waals surface area contributed by atoms with Crippen molar-refractivity contribution < 1.29 is 26.3 Å². The number of aromatic nitrogens is 4. The molecule has 0 N–H and O–H groups in total. The highest BCUT2D eigenvalue weighted by Crippen LogP contribution is 2.35. The van der Waals surface area contributed by atoms with E-state index in [9.17, 15) is 26.3 Å². The van der Waals surface area contributed by atoms with Gasteiger partial charge in [0.25, 0.3) is 0 Å². The molecule has 1 atom stereocenters. The molecule has 0 bridgehead atoms. The molecule has 2 aromatic carbocycles. The maximum absolute atomic E-state index is 14.1. The molecule has 0 radical (unpaired) electrons. The van der Waals surface area contributed by atoms with Crippen LogP contribution in [0.5, 0.6) is 0 Å². The highest BCUT2D eigenvalue weighted by atomic mass is 19.2. The summed E-state index contributed by atoms with van der Waals surface area (Å²) < 4.78 is 86.7. The van der Waals surface area contributed by atoms with Gasteiger partial charge in [0.2, 0.25) is 0 Å². The lowest BCUT2D eigenvalue weighted by Gasteiger charge is -2.26. The summed E-state index contributed by atoms with van der Waals surface area (Å²) in [7, 11) is 0. The molecule has 40 heavy (non-hydrogen) atoms. The molecule has 1 aliphatic heterocycles. The summed E-state index contributed by atoms with van der Waals surface area (Å²) in [6, 6.07) is 8.98. The molecule has 1 aliphatic carbocycles. The monoisotopic (exact) mass is 552 g/mol. The highest BCUT2D eigenvalue weighted by molar-refractivity contribution is 6.08. The number of allylic oxidation sites excluding steroid dienone is 5. The van der Waals surface area contributed by atoms with Crippen molar-refractivity contribution in [2.45, 2.75) is 19.3 Å². The van der Waals surface area contributed by atoms with Crippen molar-refractivity contribution in [1.29, 1.82) is 0 Å². The first-order valence-electron chi connectivity index (χ1n) is 12.0. The minimum Gasteiger partial charge on any atom is -0.242 e. The van der Waals surface area contributed by atoms with Gasteiger partial charge in [-0.2, -0.15) is 20.0 Å². The fraction of sp³-hybridized carbons (Fsp3) is 0.107. The largest absolute Gasteiger partial charge is 0.242 e. The lowest BCUT2D eigenvalue weighted by atomic mass is 10.0. The zero-order valence-corrected chi connectivity index (χ0v) is 20.5. The SMILES string of the molecule is C=C/C(=N\N1Cn2nc(C3=CC(F)=CC(F)C3)cc2-n2nc(-c3cc(F)cc(F)c3)cc21)c1cc(F)cc(F)c1. The summed E-state index contributed by atoms with van der Waals surface area (Å²) in [4.78, 5) is 0. The molecule has 0 spiro atoms. The van der Waals surface area contributed by atoms with Crippen molar-refractivity contribution >= 4 is 17.1 Å². The molecule has 3 heterocycles. The summed E-state index contributed by atoms with van der Waals surface area (Å²) in [5, 5.41) is 14.9. The zero-order valence-electron chi connectivity index (χ0n) is 20.5. The van der Waals surface area contributed by atoms with Crippen LogP contribution in [0.15, 0.2) is 84.3 Å². The first kappa shape index (κ1) is 25.4. The molecule has 6 nitrogen and oxygen atoms in total. The Labute approximate surface area is 223 Å². The van der Waals surface area contributed by atoms with Crippen LogP contribution in [0, 0.1) is 23.3 Å². The molecule has 0 fully saturated rings. The number of rotatable bonds is 5. The van der Waals surface area contributed by atoms with Crippen LogP contribution in [0.4, 0.5) is 32.2 Å². The van der Waals surface area contributed by atoms with Gasteiger partial charge in [-0.1, -0.05) is 6.58 Å². The third kappa shape index (κ3) is 4.72. The van der Waals surface area contributed by atoms with E-state index in [1.807, 2.05) is 0 Å². The third-order valence-corrected chi connectivity index (χ3v) is 6.33. The fourth-order valence-corrected chi connectivity index (χ4v) is 4.63. The summed E-state index contributed by atoms with van der Waals surface area (Å²) in [5.74, 6) is -3.23. The minimum atomic E-state index is -1.52. The van der Waals surface area contributed by atoms with E-state index in [0.29, 0.717) is 22.9 Å². The Kier molecular flexibility index (Phi) is 6.16. The average molecular weight is 552 g/mol. The van der Waals surface area contributed by atoms with E-state index >= 15 is 0 Å². The number of nitrogens with zero attached hydrogens (tertiary/aromatic N) is 6. The van der Waals surface area contributed by atoms with Crippen LogP contribution >= 0.6 is 0 Å². The van der Waals surface area contributed by atoms with E-state index in [1.54, 1.807) is 6.07 Å². The molecule has 0 saturated carbocycles. The number of halogens is 6. The van der Waals surface area contributed by atoms with Gasteiger partial charge in [0.05, 0.1) is 17.1 Å². The molecule has 0 amide bonds. The molecule has 6 rings (SSSR count). The van der Waals surface area contributed by atoms with Crippen molar-refractivity contribution in [3.8, 4) is 17.1 Å². The average Bonchev–Trinajstić information content (AvgIpc) is 3.50. The Morgan fingerprint density at radius 2 is 1.50 bits per heavy atom. The van der Waals surface area contributed by atoms with Crippen molar-refractivity contribution in [2.24, 2.45) is 5.10 Å². The van der Waals surface area contributed by atoms with Gasteiger partial charge in [-0.3, -0.25) is 0 Å². The molecule has 4 aromatic rings. The second kappa shape index (κ2) is 9.70. The molecule has 0 saturated heterocycles.